The molecule has 0 bridgehead atoms. The molecule has 1 aliphatic heterocycles. The molecule has 1 aromatic heterocycles. The Morgan fingerprint density at radius 2 is 1.68 bits per heavy atom. The van der Waals surface area contributed by atoms with Gasteiger partial charge < -0.3 is 30.3 Å². The van der Waals surface area contributed by atoms with Gasteiger partial charge in [0.1, 0.15) is 6.04 Å². The molecule has 1 saturated heterocycles. The molecular formula is C33H40N6O2. The Kier molecular flexibility index (Phi) is 8.59. The van der Waals surface area contributed by atoms with Gasteiger partial charge >= 0.3 is 6.03 Å². The third kappa shape index (κ3) is 6.55. The highest BCUT2D eigenvalue weighted by Crippen LogP contribution is 2.29. The monoisotopic (exact) mass is 552 g/mol. The number of amides is 3. The van der Waals surface area contributed by atoms with Crippen LogP contribution in [0.3, 0.4) is 0 Å². The second kappa shape index (κ2) is 12.5. The third-order valence-electron chi connectivity index (χ3n) is 7.89. The number of aromatic amines is 1. The van der Waals surface area contributed by atoms with Crippen LogP contribution in [0, 0.1) is 6.92 Å². The van der Waals surface area contributed by atoms with Crippen molar-refractivity contribution in [2.75, 3.05) is 50.5 Å². The van der Waals surface area contributed by atoms with Gasteiger partial charge in [-0.3, -0.25) is 4.79 Å². The molecule has 0 aliphatic carbocycles. The molecule has 0 saturated carbocycles. The van der Waals surface area contributed by atoms with Crippen molar-refractivity contribution < 1.29 is 9.59 Å². The maximum absolute atomic E-state index is 13.8. The Hall–Kier alpha value is -4.30. The molecule has 0 spiro atoms. The number of benzene rings is 3. The highest BCUT2D eigenvalue weighted by molar-refractivity contribution is 5.98. The van der Waals surface area contributed by atoms with Crippen LogP contribution in [0.15, 0.2) is 79.0 Å². The van der Waals surface area contributed by atoms with Gasteiger partial charge in [-0.2, -0.15) is 0 Å². The summed E-state index contributed by atoms with van der Waals surface area (Å²) in [5.41, 5.74) is 6.24. The molecule has 2 heterocycles. The van der Waals surface area contributed by atoms with Gasteiger partial charge in [-0.25, -0.2) is 4.79 Å². The van der Waals surface area contributed by atoms with Crippen molar-refractivity contribution in [1.82, 2.24) is 20.1 Å². The van der Waals surface area contributed by atoms with Gasteiger partial charge in [-0.15, -0.1) is 0 Å². The summed E-state index contributed by atoms with van der Waals surface area (Å²) in [6.45, 7) is 7.53. The number of hydrogen-bond acceptors (Lipinski definition) is 4. The first-order valence-corrected chi connectivity index (χ1v) is 14.3. The van der Waals surface area contributed by atoms with Crippen LogP contribution in [-0.4, -0.2) is 73.0 Å². The number of hydrogen-bond donors (Lipinski definition) is 3. The minimum absolute atomic E-state index is 0.220. The molecule has 3 amide bonds. The summed E-state index contributed by atoms with van der Waals surface area (Å²) in [6.07, 6.45) is 1.94. The lowest BCUT2D eigenvalue weighted by Crippen LogP contribution is -2.56. The quantitative estimate of drug-likeness (QED) is 0.281. The van der Waals surface area contributed by atoms with Crippen molar-refractivity contribution in [3.05, 3.63) is 95.7 Å². The molecule has 3 N–H and O–H groups in total. The average molecular weight is 553 g/mol. The van der Waals surface area contributed by atoms with Gasteiger partial charge in [-0.05, 0) is 62.0 Å². The van der Waals surface area contributed by atoms with Crippen molar-refractivity contribution in [3.63, 3.8) is 0 Å². The summed E-state index contributed by atoms with van der Waals surface area (Å²) in [4.78, 5) is 37.0. The molecular weight excluding hydrogens is 512 g/mol. The summed E-state index contributed by atoms with van der Waals surface area (Å²) < 4.78 is 0. The van der Waals surface area contributed by atoms with Crippen LogP contribution < -0.4 is 15.5 Å². The summed E-state index contributed by atoms with van der Waals surface area (Å²) >= 11 is 0. The first-order chi connectivity index (χ1) is 19.8. The van der Waals surface area contributed by atoms with Gasteiger partial charge in [0.15, 0.2) is 0 Å². The van der Waals surface area contributed by atoms with Crippen LogP contribution in [0.25, 0.3) is 10.9 Å². The van der Waals surface area contributed by atoms with E-state index in [0.717, 1.165) is 41.7 Å². The number of carbonyl (C=O) groups excluding carboxylic acids is 2. The highest BCUT2D eigenvalue weighted by Gasteiger charge is 2.32. The fraction of sp³-hybridized carbons (Fsp3) is 0.333. The van der Waals surface area contributed by atoms with Gasteiger partial charge in [0.05, 0.1) is 0 Å². The minimum Gasteiger partial charge on any atom is -0.368 e. The molecule has 0 radical (unpaired) electrons. The highest BCUT2D eigenvalue weighted by atomic mass is 16.2. The van der Waals surface area contributed by atoms with Crippen molar-refractivity contribution in [3.8, 4) is 0 Å². The molecule has 8 nitrogen and oxygen atoms in total. The second-order valence-corrected chi connectivity index (χ2v) is 11.2. The number of rotatable bonds is 8. The Bertz CT molecular complexity index is 1500. The lowest BCUT2D eigenvalue weighted by Gasteiger charge is -2.37. The van der Waals surface area contributed by atoms with E-state index >= 15 is 0 Å². The van der Waals surface area contributed by atoms with Gasteiger partial charge in [0.25, 0.3) is 0 Å². The zero-order valence-corrected chi connectivity index (χ0v) is 24.4. The van der Waals surface area contributed by atoms with E-state index in [9.17, 15) is 9.59 Å². The van der Waals surface area contributed by atoms with E-state index in [2.05, 4.69) is 44.5 Å². The first kappa shape index (κ1) is 28.2. The maximum atomic E-state index is 13.8. The SMILES string of the molecule is Cc1ccccc1N1CCN(C(=O)NC(C(=O)Nc2cccc(CN(C)C)c2)C(C)c2c[nH]c3ccccc23)CC1. The van der Waals surface area contributed by atoms with E-state index in [-0.39, 0.29) is 17.9 Å². The molecule has 214 valence electrons. The summed E-state index contributed by atoms with van der Waals surface area (Å²) in [5.74, 6) is -0.509. The Balaban J connectivity index is 1.34. The van der Waals surface area contributed by atoms with Crippen molar-refractivity contribution in [1.29, 1.82) is 0 Å². The molecule has 4 aromatic rings. The fourth-order valence-electron chi connectivity index (χ4n) is 5.69. The Labute approximate surface area is 242 Å². The number of fused-ring (bicyclic) bond motifs is 1. The lowest BCUT2D eigenvalue weighted by atomic mass is 9.92. The number of para-hydroxylation sites is 2. The molecule has 5 rings (SSSR count). The number of nitrogens with one attached hydrogen (secondary N) is 3. The van der Waals surface area contributed by atoms with E-state index in [1.165, 1.54) is 11.3 Å². The predicted molar refractivity (Wildman–Crippen MR) is 166 cm³/mol. The topological polar surface area (TPSA) is 83.7 Å². The van der Waals surface area contributed by atoms with Crippen LogP contribution in [0.4, 0.5) is 16.2 Å². The predicted octanol–water partition coefficient (Wildman–Crippen LogP) is 5.18. The molecule has 3 aromatic carbocycles. The lowest BCUT2D eigenvalue weighted by molar-refractivity contribution is -0.118. The third-order valence-corrected chi connectivity index (χ3v) is 7.89. The van der Waals surface area contributed by atoms with Crippen molar-refractivity contribution in [2.45, 2.75) is 32.4 Å². The molecule has 41 heavy (non-hydrogen) atoms. The second-order valence-electron chi connectivity index (χ2n) is 11.2. The van der Waals surface area contributed by atoms with Crippen LogP contribution >= 0.6 is 0 Å². The van der Waals surface area contributed by atoms with E-state index in [4.69, 9.17) is 0 Å². The standard InChI is InChI=1S/C33H40N6O2/c1-23-10-5-8-15-30(23)38-16-18-39(19-17-38)33(41)36-31(24(2)28-21-34-29-14-7-6-13-27(28)29)32(40)35-26-12-9-11-25(20-26)22-37(3)4/h5-15,20-21,24,31,34H,16-19,22H2,1-4H3,(H,35,40)(H,36,41). The molecule has 2 atom stereocenters. The van der Waals surface area contributed by atoms with Gasteiger partial charge in [0, 0.05) is 67.1 Å². The smallest absolute Gasteiger partial charge is 0.318 e. The van der Waals surface area contributed by atoms with Gasteiger partial charge in [-0.1, -0.05) is 55.5 Å². The zero-order valence-electron chi connectivity index (χ0n) is 24.4. The van der Waals surface area contributed by atoms with Crippen LogP contribution in [0.5, 0.6) is 0 Å². The van der Waals surface area contributed by atoms with E-state index in [0.29, 0.717) is 18.8 Å². The average Bonchev–Trinajstić information content (AvgIpc) is 3.40. The zero-order chi connectivity index (χ0) is 28.9. The van der Waals surface area contributed by atoms with E-state index in [1.807, 2.05) is 92.8 Å². The van der Waals surface area contributed by atoms with Crippen molar-refractivity contribution in [2.24, 2.45) is 0 Å². The number of carbonyl (C=O) groups is 2. The molecule has 2 unspecified atom stereocenters. The molecule has 8 heteroatoms. The Morgan fingerprint density at radius 1 is 0.951 bits per heavy atom. The number of nitrogens with zero attached hydrogens (tertiary/aromatic N) is 3. The van der Waals surface area contributed by atoms with Crippen LogP contribution in [0.1, 0.15) is 29.5 Å². The Morgan fingerprint density at radius 3 is 2.44 bits per heavy atom. The number of aromatic nitrogens is 1. The maximum Gasteiger partial charge on any atom is 0.318 e. The summed E-state index contributed by atoms with van der Waals surface area (Å²) in [6, 6.07) is 23.2. The molecule has 1 aliphatic rings. The minimum atomic E-state index is -0.770. The normalized spacial score (nSPS) is 15.1. The van der Waals surface area contributed by atoms with E-state index in [1.54, 1.807) is 0 Å². The summed E-state index contributed by atoms with van der Waals surface area (Å²) in [5, 5.41) is 7.24. The number of piperazine rings is 1. The number of aryl methyl sites for hydroxylation is 1. The van der Waals surface area contributed by atoms with Crippen LogP contribution in [0.2, 0.25) is 0 Å². The first-order valence-electron chi connectivity index (χ1n) is 14.3. The van der Waals surface area contributed by atoms with Gasteiger partial charge in [0.2, 0.25) is 5.91 Å². The van der Waals surface area contributed by atoms with Crippen LogP contribution in [-0.2, 0) is 11.3 Å². The van der Waals surface area contributed by atoms with E-state index < -0.39 is 6.04 Å². The molecule has 1 fully saturated rings. The largest absolute Gasteiger partial charge is 0.368 e. The number of H-pyrrole nitrogens is 1. The number of anilines is 2. The fourth-order valence-corrected chi connectivity index (χ4v) is 5.69. The number of urea groups is 1. The van der Waals surface area contributed by atoms with Crippen molar-refractivity contribution >= 4 is 34.2 Å². The summed E-state index contributed by atoms with van der Waals surface area (Å²) in [7, 11) is 4.03.